The van der Waals surface area contributed by atoms with Gasteiger partial charge in [0.2, 0.25) is 0 Å². The Morgan fingerprint density at radius 2 is 0.780 bits per heavy atom. The van der Waals surface area contributed by atoms with E-state index in [9.17, 15) is 0 Å². The van der Waals surface area contributed by atoms with E-state index in [1.807, 2.05) is 12.1 Å². The van der Waals surface area contributed by atoms with Crippen molar-refractivity contribution < 1.29 is 8.83 Å². The van der Waals surface area contributed by atoms with E-state index in [0.717, 1.165) is 43.9 Å². The van der Waals surface area contributed by atoms with Crippen molar-refractivity contribution in [2.45, 2.75) is 19.3 Å². The highest BCUT2D eigenvalue weighted by atomic mass is 16.4. The minimum absolute atomic E-state index is 0.202. The van der Waals surface area contributed by atoms with Crippen molar-refractivity contribution in [3.8, 4) is 44.5 Å². The Morgan fingerprint density at radius 3 is 1.44 bits per heavy atom. The number of para-hydroxylation sites is 1. The number of hydrogen-bond donors (Lipinski definition) is 0. The molecule has 10 aromatic carbocycles. The SMILES string of the molecule is CC1(C)c2cc(-c3ccc4oc5c(ccc6c7ccccc7oc65)c4c3)ccc2-c2ccc(-c3c4ccccc4c(-c4ccc5ccccc5c4)c4ccccc34)cc21. The fraction of sp³-hybridized carbons (Fsp3) is 0.0526. The molecule has 0 spiro atoms. The fourth-order valence-corrected chi connectivity index (χ4v) is 10.4. The zero-order valence-corrected chi connectivity index (χ0v) is 32.6. The average molecular weight is 753 g/mol. The molecule has 2 nitrogen and oxygen atoms in total. The second-order valence-electron chi connectivity index (χ2n) is 16.8. The normalized spacial score (nSPS) is 13.4. The summed E-state index contributed by atoms with van der Waals surface area (Å²) in [6.07, 6.45) is 0. The Balaban J connectivity index is 0.932. The maximum atomic E-state index is 6.49. The third-order valence-electron chi connectivity index (χ3n) is 13.3. The van der Waals surface area contributed by atoms with Crippen LogP contribution in [0.15, 0.2) is 191 Å². The van der Waals surface area contributed by atoms with E-state index in [1.54, 1.807) is 0 Å². The second-order valence-corrected chi connectivity index (χ2v) is 16.8. The van der Waals surface area contributed by atoms with E-state index in [0.29, 0.717) is 0 Å². The van der Waals surface area contributed by atoms with Gasteiger partial charge >= 0.3 is 0 Å². The molecule has 59 heavy (non-hydrogen) atoms. The van der Waals surface area contributed by atoms with Crippen LogP contribution in [-0.2, 0) is 5.41 Å². The molecular weight excluding hydrogens is 717 g/mol. The first-order valence-corrected chi connectivity index (χ1v) is 20.5. The van der Waals surface area contributed by atoms with Gasteiger partial charge in [-0.2, -0.15) is 0 Å². The summed E-state index contributed by atoms with van der Waals surface area (Å²) >= 11 is 0. The van der Waals surface area contributed by atoms with Gasteiger partial charge in [-0.1, -0.05) is 147 Å². The summed E-state index contributed by atoms with van der Waals surface area (Å²) in [4.78, 5) is 0. The van der Waals surface area contributed by atoms with Crippen LogP contribution in [0.4, 0.5) is 0 Å². The molecule has 0 atom stereocenters. The highest BCUT2D eigenvalue weighted by molar-refractivity contribution is 6.22. The molecular formula is C57H36O2. The lowest BCUT2D eigenvalue weighted by molar-refractivity contribution is 0.633. The zero-order chi connectivity index (χ0) is 39.0. The van der Waals surface area contributed by atoms with E-state index in [2.05, 4.69) is 184 Å². The Bertz CT molecular complexity index is 3700. The molecule has 1 aliphatic rings. The van der Waals surface area contributed by atoms with Gasteiger partial charge in [0.15, 0.2) is 11.2 Å². The van der Waals surface area contributed by atoms with Crippen LogP contribution in [0.5, 0.6) is 0 Å². The minimum atomic E-state index is -0.202. The summed E-state index contributed by atoms with van der Waals surface area (Å²) < 4.78 is 12.8. The van der Waals surface area contributed by atoms with Crippen molar-refractivity contribution >= 4 is 76.2 Å². The van der Waals surface area contributed by atoms with Gasteiger partial charge < -0.3 is 8.83 Å². The zero-order valence-electron chi connectivity index (χ0n) is 32.6. The topological polar surface area (TPSA) is 26.3 Å². The molecule has 0 saturated heterocycles. The maximum absolute atomic E-state index is 6.49. The number of benzene rings is 10. The molecule has 276 valence electrons. The van der Waals surface area contributed by atoms with Gasteiger partial charge in [0.25, 0.3) is 0 Å². The average Bonchev–Trinajstić information content (AvgIpc) is 3.92. The molecule has 2 heterocycles. The number of furan rings is 2. The van der Waals surface area contributed by atoms with Gasteiger partial charge in [0, 0.05) is 27.0 Å². The van der Waals surface area contributed by atoms with E-state index < -0.39 is 0 Å². The molecule has 1 aliphatic carbocycles. The summed E-state index contributed by atoms with van der Waals surface area (Å²) in [5, 5.41) is 12.0. The van der Waals surface area contributed by atoms with Crippen molar-refractivity contribution in [2.75, 3.05) is 0 Å². The van der Waals surface area contributed by atoms with E-state index in [1.165, 1.54) is 88.0 Å². The fourth-order valence-electron chi connectivity index (χ4n) is 10.4. The Kier molecular flexibility index (Phi) is 6.54. The van der Waals surface area contributed by atoms with Gasteiger partial charge in [-0.05, 0) is 136 Å². The van der Waals surface area contributed by atoms with Crippen LogP contribution in [0.1, 0.15) is 25.0 Å². The van der Waals surface area contributed by atoms with Crippen molar-refractivity contribution in [1.29, 1.82) is 0 Å². The molecule has 0 fully saturated rings. The van der Waals surface area contributed by atoms with Gasteiger partial charge in [-0.15, -0.1) is 0 Å². The highest BCUT2D eigenvalue weighted by Crippen LogP contribution is 2.52. The summed E-state index contributed by atoms with van der Waals surface area (Å²) in [7, 11) is 0. The predicted octanol–water partition coefficient (Wildman–Crippen LogP) is 16.3. The maximum Gasteiger partial charge on any atom is 0.178 e. The lowest BCUT2D eigenvalue weighted by atomic mass is 9.80. The highest BCUT2D eigenvalue weighted by Gasteiger charge is 2.36. The second kappa shape index (κ2) is 11.8. The molecule has 0 unspecified atom stereocenters. The van der Waals surface area contributed by atoms with Crippen LogP contribution < -0.4 is 0 Å². The van der Waals surface area contributed by atoms with Gasteiger partial charge in [0.05, 0.1) is 0 Å². The van der Waals surface area contributed by atoms with E-state index in [4.69, 9.17) is 8.83 Å². The standard InChI is InChI=1S/C57H36O2/c1-57(2)49-31-36(35-23-28-52-48(30-35)47-27-26-46-41-13-9-10-18-51(41)58-55(46)56(47)59-52)21-24-39(49)40-25-22-38(32-50(40)57)54-44-16-7-5-14-42(44)53(43-15-6-8-17-45(43)54)37-20-19-33-11-3-4-12-34(33)29-37/h3-32H,1-2H3. The van der Waals surface area contributed by atoms with Crippen molar-refractivity contribution in [3.05, 3.63) is 193 Å². The van der Waals surface area contributed by atoms with Crippen LogP contribution in [0.3, 0.4) is 0 Å². The van der Waals surface area contributed by atoms with Crippen molar-refractivity contribution in [3.63, 3.8) is 0 Å². The molecule has 2 aromatic heterocycles. The monoisotopic (exact) mass is 752 g/mol. The number of hydrogen-bond acceptors (Lipinski definition) is 2. The molecule has 0 radical (unpaired) electrons. The van der Waals surface area contributed by atoms with Crippen LogP contribution in [0.25, 0.3) is 121 Å². The smallest absolute Gasteiger partial charge is 0.178 e. The summed E-state index contributed by atoms with van der Waals surface area (Å²) in [6, 6.07) is 66.8. The molecule has 0 bridgehead atoms. The summed E-state index contributed by atoms with van der Waals surface area (Å²) in [5.41, 5.74) is 15.9. The third kappa shape index (κ3) is 4.57. The van der Waals surface area contributed by atoms with E-state index in [-0.39, 0.29) is 5.41 Å². The molecule has 2 heteroatoms. The Hall–Kier alpha value is -7.42. The van der Waals surface area contributed by atoms with Crippen LogP contribution in [-0.4, -0.2) is 0 Å². The molecule has 0 saturated carbocycles. The first kappa shape index (κ1) is 32.6. The Morgan fingerprint density at radius 1 is 0.322 bits per heavy atom. The third-order valence-corrected chi connectivity index (χ3v) is 13.3. The minimum Gasteiger partial charge on any atom is -0.452 e. The van der Waals surface area contributed by atoms with Crippen LogP contribution >= 0.6 is 0 Å². The quantitative estimate of drug-likeness (QED) is 0.168. The number of fused-ring (bicyclic) bond motifs is 13. The largest absolute Gasteiger partial charge is 0.452 e. The summed E-state index contributed by atoms with van der Waals surface area (Å²) in [5.74, 6) is 0. The molecule has 0 N–H and O–H groups in total. The van der Waals surface area contributed by atoms with Crippen molar-refractivity contribution in [1.82, 2.24) is 0 Å². The van der Waals surface area contributed by atoms with Gasteiger partial charge in [-0.25, -0.2) is 0 Å². The van der Waals surface area contributed by atoms with Gasteiger partial charge in [-0.3, -0.25) is 0 Å². The lowest BCUT2D eigenvalue weighted by Crippen LogP contribution is -2.15. The first-order chi connectivity index (χ1) is 29.0. The Labute approximate surface area is 340 Å². The van der Waals surface area contributed by atoms with Crippen LogP contribution in [0, 0.1) is 0 Å². The molecule has 0 amide bonds. The predicted molar refractivity (Wildman–Crippen MR) is 247 cm³/mol. The lowest BCUT2D eigenvalue weighted by Gasteiger charge is -2.23. The number of rotatable bonds is 3. The molecule has 13 rings (SSSR count). The molecule has 0 aliphatic heterocycles. The van der Waals surface area contributed by atoms with Crippen LogP contribution in [0.2, 0.25) is 0 Å². The van der Waals surface area contributed by atoms with E-state index >= 15 is 0 Å². The first-order valence-electron chi connectivity index (χ1n) is 20.5. The molecule has 12 aromatic rings. The van der Waals surface area contributed by atoms with Crippen molar-refractivity contribution in [2.24, 2.45) is 0 Å². The summed E-state index contributed by atoms with van der Waals surface area (Å²) in [6.45, 7) is 4.77. The van der Waals surface area contributed by atoms with Gasteiger partial charge in [0.1, 0.15) is 11.2 Å².